The molecule has 0 fully saturated rings. The van der Waals surface area contributed by atoms with Crippen LogP contribution in [0.3, 0.4) is 0 Å². The van der Waals surface area contributed by atoms with Crippen LogP contribution >= 0.6 is 11.3 Å². The van der Waals surface area contributed by atoms with Gasteiger partial charge in [0.25, 0.3) is 11.8 Å². The van der Waals surface area contributed by atoms with Crippen molar-refractivity contribution in [3.8, 4) is 11.5 Å². The van der Waals surface area contributed by atoms with Crippen LogP contribution in [0.15, 0.2) is 76.6 Å². The maximum absolute atomic E-state index is 13.3. The monoisotopic (exact) mass is 505 g/mol. The lowest BCUT2D eigenvalue weighted by atomic mass is 10.1. The number of rotatable bonds is 11. The summed E-state index contributed by atoms with van der Waals surface area (Å²) >= 11 is 1.57. The Kier molecular flexibility index (Phi) is 8.36. The summed E-state index contributed by atoms with van der Waals surface area (Å²) in [6, 6.07) is 20.2. The lowest BCUT2D eigenvalue weighted by Crippen LogP contribution is -2.29. The fraction of sp³-hybridized carbons (Fsp3) is 0.222. The summed E-state index contributed by atoms with van der Waals surface area (Å²) in [5, 5.41) is 8.73. The van der Waals surface area contributed by atoms with E-state index in [9.17, 15) is 9.59 Å². The molecule has 0 aliphatic heterocycles. The second-order valence-corrected chi connectivity index (χ2v) is 9.04. The number of nitrogens with one attached hydrogen (secondary N) is 1. The third-order valence-electron chi connectivity index (χ3n) is 5.53. The summed E-state index contributed by atoms with van der Waals surface area (Å²) in [5.74, 6) is 1.30. The molecule has 2 aromatic carbocycles. The van der Waals surface area contributed by atoms with E-state index < -0.39 is 0 Å². The highest BCUT2D eigenvalue weighted by atomic mass is 32.1. The lowest BCUT2D eigenvalue weighted by molar-refractivity contribution is 0.0714. The fourth-order valence-electron chi connectivity index (χ4n) is 3.61. The van der Waals surface area contributed by atoms with Crippen LogP contribution in [0, 0.1) is 0 Å². The van der Waals surface area contributed by atoms with Gasteiger partial charge in [-0.15, -0.1) is 11.3 Å². The molecule has 4 rings (SSSR count). The Bertz CT molecular complexity index is 1290. The molecule has 0 atom stereocenters. The number of aromatic nitrogens is 1. The molecule has 0 saturated carbocycles. The van der Waals surface area contributed by atoms with Crippen LogP contribution in [0.4, 0.5) is 0 Å². The van der Waals surface area contributed by atoms with Crippen molar-refractivity contribution in [2.75, 3.05) is 20.8 Å². The van der Waals surface area contributed by atoms with Gasteiger partial charge in [0.1, 0.15) is 11.5 Å². The van der Waals surface area contributed by atoms with Gasteiger partial charge in [0.05, 0.1) is 27.3 Å². The van der Waals surface area contributed by atoms with Crippen LogP contribution in [-0.4, -0.2) is 42.6 Å². The van der Waals surface area contributed by atoms with Crippen molar-refractivity contribution in [1.82, 2.24) is 15.4 Å². The summed E-state index contributed by atoms with van der Waals surface area (Å²) in [4.78, 5) is 28.6. The van der Waals surface area contributed by atoms with E-state index in [1.807, 2.05) is 41.8 Å². The van der Waals surface area contributed by atoms with Crippen molar-refractivity contribution in [2.24, 2.45) is 0 Å². The highest BCUT2D eigenvalue weighted by Crippen LogP contribution is 2.20. The average molecular weight is 506 g/mol. The molecule has 0 aliphatic rings. The van der Waals surface area contributed by atoms with Gasteiger partial charge in [-0.3, -0.25) is 9.59 Å². The van der Waals surface area contributed by atoms with E-state index in [0.717, 1.165) is 16.2 Å². The second kappa shape index (κ2) is 12.0. The van der Waals surface area contributed by atoms with E-state index in [2.05, 4.69) is 10.5 Å². The van der Waals surface area contributed by atoms with Crippen LogP contribution in [0.2, 0.25) is 0 Å². The Labute approximate surface area is 213 Å². The minimum absolute atomic E-state index is 0.167. The first-order valence-electron chi connectivity index (χ1n) is 11.4. The van der Waals surface area contributed by atoms with Crippen LogP contribution < -0.4 is 14.8 Å². The molecule has 0 bridgehead atoms. The van der Waals surface area contributed by atoms with Crippen molar-refractivity contribution < 1.29 is 23.6 Å². The van der Waals surface area contributed by atoms with Gasteiger partial charge >= 0.3 is 0 Å². The number of carbonyl (C=O) groups is 2. The average Bonchev–Trinajstić information content (AvgIpc) is 3.61. The van der Waals surface area contributed by atoms with E-state index in [0.29, 0.717) is 36.6 Å². The summed E-state index contributed by atoms with van der Waals surface area (Å²) in [6.45, 7) is 1.02. The number of thiophene rings is 1. The normalized spacial score (nSPS) is 10.6. The number of methoxy groups -OCH3 is 2. The lowest BCUT2D eigenvalue weighted by Gasteiger charge is -2.21. The van der Waals surface area contributed by atoms with Crippen LogP contribution in [0.25, 0.3) is 0 Å². The third-order valence-corrected chi connectivity index (χ3v) is 6.39. The number of benzene rings is 2. The van der Waals surface area contributed by atoms with Gasteiger partial charge in [-0.25, -0.2) is 0 Å². The van der Waals surface area contributed by atoms with Gasteiger partial charge in [-0.2, -0.15) is 0 Å². The van der Waals surface area contributed by atoms with E-state index in [1.54, 1.807) is 60.8 Å². The Morgan fingerprint density at radius 3 is 2.50 bits per heavy atom. The SMILES string of the molecule is COc1ccc(CCNC(=O)c2cc(CN(Cc3cccs3)C(=O)c3cccc(OC)c3)on2)cc1. The van der Waals surface area contributed by atoms with E-state index in [-0.39, 0.29) is 24.1 Å². The zero-order valence-corrected chi connectivity index (χ0v) is 20.9. The zero-order valence-electron chi connectivity index (χ0n) is 20.1. The first-order valence-corrected chi connectivity index (χ1v) is 12.3. The van der Waals surface area contributed by atoms with Crippen molar-refractivity contribution in [1.29, 1.82) is 0 Å². The molecule has 2 aromatic heterocycles. The van der Waals surface area contributed by atoms with Crippen molar-refractivity contribution in [2.45, 2.75) is 19.5 Å². The molecule has 0 unspecified atom stereocenters. The largest absolute Gasteiger partial charge is 0.497 e. The van der Waals surface area contributed by atoms with E-state index in [4.69, 9.17) is 14.0 Å². The summed E-state index contributed by atoms with van der Waals surface area (Å²) in [6.07, 6.45) is 0.671. The summed E-state index contributed by atoms with van der Waals surface area (Å²) in [7, 11) is 3.18. The molecule has 8 nitrogen and oxygen atoms in total. The maximum Gasteiger partial charge on any atom is 0.273 e. The Balaban J connectivity index is 1.40. The number of nitrogens with zero attached hydrogens (tertiary/aromatic N) is 2. The highest BCUT2D eigenvalue weighted by Gasteiger charge is 2.21. The van der Waals surface area contributed by atoms with E-state index >= 15 is 0 Å². The smallest absolute Gasteiger partial charge is 0.273 e. The van der Waals surface area contributed by atoms with Crippen molar-refractivity contribution in [3.05, 3.63) is 99.6 Å². The summed E-state index contributed by atoms with van der Waals surface area (Å²) < 4.78 is 15.8. The second-order valence-electron chi connectivity index (χ2n) is 8.00. The van der Waals surface area contributed by atoms with Gasteiger partial charge in [0.15, 0.2) is 11.5 Å². The molecule has 186 valence electrons. The number of carbonyl (C=O) groups excluding carboxylic acids is 2. The molecule has 0 spiro atoms. The quantitative estimate of drug-likeness (QED) is 0.321. The third kappa shape index (κ3) is 6.51. The standard InChI is InChI=1S/C27H27N3O5S/c1-33-21-10-8-19(9-11-21)12-13-28-26(31)25-16-23(35-29-25)17-30(18-24-7-4-14-36-24)27(32)20-5-3-6-22(15-20)34-2/h3-11,14-16H,12-13,17-18H2,1-2H3,(H,28,31). The zero-order chi connectivity index (χ0) is 25.3. The minimum Gasteiger partial charge on any atom is -0.497 e. The molecule has 0 radical (unpaired) electrons. The van der Waals surface area contributed by atoms with Gasteiger partial charge in [-0.05, 0) is 53.8 Å². The number of hydrogen-bond donors (Lipinski definition) is 1. The molecule has 9 heteroatoms. The summed E-state index contributed by atoms with van der Waals surface area (Å²) in [5.41, 5.74) is 1.75. The molecule has 4 aromatic rings. The number of hydrogen-bond acceptors (Lipinski definition) is 7. The van der Waals surface area contributed by atoms with Crippen LogP contribution in [0.5, 0.6) is 11.5 Å². The molecular weight excluding hydrogens is 478 g/mol. The van der Waals surface area contributed by atoms with E-state index in [1.165, 1.54) is 0 Å². The molecule has 1 N–H and O–H groups in total. The van der Waals surface area contributed by atoms with Gasteiger partial charge in [-0.1, -0.05) is 29.4 Å². The maximum atomic E-state index is 13.3. The van der Waals surface area contributed by atoms with Crippen molar-refractivity contribution >= 4 is 23.2 Å². The topological polar surface area (TPSA) is 93.9 Å². The Morgan fingerprint density at radius 1 is 0.972 bits per heavy atom. The van der Waals surface area contributed by atoms with Crippen LogP contribution in [-0.2, 0) is 19.5 Å². The molecule has 0 saturated heterocycles. The highest BCUT2D eigenvalue weighted by molar-refractivity contribution is 7.09. The molecule has 2 heterocycles. The first-order chi connectivity index (χ1) is 17.6. The Morgan fingerprint density at radius 2 is 1.78 bits per heavy atom. The molecule has 2 amide bonds. The first kappa shape index (κ1) is 25.0. The molecule has 36 heavy (non-hydrogen) atoms. The van der Waals surface area contributed by atoms with Gasteiger partial charge in [0.2, 0.25) is 0 Å². The van der Waals surface area contributed by atoms with Gasteiger partial charge < -0.3 is 24.2 Å². The van der Waals surface area contributed by atoms with Crippen molar-refractivity contribution in [3.63, 3.8) is 0 Å². The number of amides is 2. The van der Waals surface area contributed by atoms with Crippen LogP contribution in [0.1, 0.15) is 37.0 Å². The Hall–Kier alpha value is -4.11. The van der Waals surface area contributed by atoms with Gasteiger partial charge in [0, 0.05) is 23.1 Å². The predicted octanol–water partition coefficient (Wildman–Crippen LogP) is 4.57. The molecular formula is C27H27N3O5S. The minimum atomic E-state index is -0.331. The fourth-order valence-corrected chi connectivity index (χ4v) is 4.33. The predicted molar refractivity (Wildman–Crippen MR) is 136 cm³/mol. The molecule has 0 aliphatic carbocycles. The number of ether oxygens (including phenoxy) is 2.